The maximum Gasteiger partial charge on any atom is 0.239 e. The predicted octanol–water partition coefficient (Wildman–Crippen LogP) is 9.72. The number of aryl methyl sites for hydroxylation is 2. The first-order valence-corrected chi connectivity index (χ1v) is 21.9. The van der Waals surface area contributed by atoms with Crippen LogP contribution in [0, 0.1) is 0 Å². The van der Waals surface area contributed by atoms with E-state index in [-0.39, 0.29) is 52.2 Å². The molecule has 4 aromatic carbocycles. The smallest absolute Gasteiger partial charge is 0.239 e. The van der Waals surface area contributed by atoms with Crippen molar-refractivity contribution in [3.63, 3.8) is 0 Å². The van der Waals surface area contributed by atoms with Gasteiger partial charge in [0, 0.05) is 17.1 Å². The number of hydrogen-bond donors (Lipinski definition) is 3. The molecule has 1 amide bonds. The average Bonchev–Trinajstić information content (AvgIpc) is 3.67. The third kappa shape index (κ3) is 8.33. The summed E-state index contributed by atoms with van der Waals surface area (Å²) < 4.78 is 0. The predicted molar refractivity (Wildman–Crippen MR) is 237 cm³/mol. The summed E-state index contributed by atoms with van der Waals surface area (Å²) in [5.74, 6) is -0.107. The van der Waals surface area contributed by atoms with Crippen LogP contribution in [0.1, 0.15) is 147 Å². The highest BCUT2D eigenvalue weighted by Crippen LogP contribution is 2.56. The van der Waals surface area contributed by atoms with Gasteiger partial charge in [-0.15, -0.1) is 0 Å². The number of carbonyl (C=O) groups is 1. The first-order valence-electron chi connectivity index (χ1n) is 20.5. The summed E-state index contributed by atoms with van der Waals surface area (Å²) >= 11 is 0. The number of nitrogens with one attached hydrogen (secondary N) is 2. The van der Waals surface area contributed by atoms with Crippen LogP contribution in [-0.2, 0) is 44.7 Å². The van der Waals surface area contributed by atoms with Gasteiger partial charge in [0.15, 0.2) is 0 Å². The minimum Gasteiger partial charge on any atom is -0.394 e. The van der Waals surface area contributed by atoms with Crippen molar-refractivity contribution in [2.75, 3.05) is 18.5 Å². The summed E-state index contributed by atoms with van der Waals surface area (Å²) in [6.45, 7) is 30.1. The van der Waals surface area contributed by atoms with Gasteiger partial charge in [0.05, 0.1) is 13.2 Å². The first kappa shape index (κ1) is 41.2. The molecule has 0 saturated heterocycles. The number of rotatable bonds is 8. The Hall–Kier alpha value is -3.46. The third-order valence-electron chi connectivity index (χ3n) is 12.1. The van der Waals surface area contributed by atoms with Gasteiger partial charge in [0.2, 0.25) is 5.91 Å². The molecule has 0 radical (unpaired) electrons. The van der Waals surface area contributed by atoms with Crippen molar-refractivity contribution in [3.8, 4) is 0 Å². The fraction of sp³-hybridized carbons (Fsp3) is 0.500. The van der Waals surface area contributed by atoms with Crippen molar-refractivity contribution in [1.82, 2.24) is 5.32 Å². The molecule has 0 fully saturated rings. The second kappa shape index (κ2) is 14.8. The maximum atomic E-state index is 13.0. The number of amides is 1. The third-order valence-corrected chi connectivity index (χ3v) is 14.5. The minimum absolute atomic E-state index is 0.00702. The number of anilines is 1. The quantitative estimate of drug-likeness (QED) is 0.157. The second-order valence-electron chi connectivity index (χ2n) is 20.6. The summed E-state index contributed by atoms with van der Waals surface area (Å²) in [5, 5.41) is 20.4. The molecule has 1 spiro atoms. The van der Waals surface area contributed by atoms with E-state index in [0.717, 1.165) is 31.4 Å². The zero-order valence-electron chi connectivity index (χ0n) is 36.1. The average molecular weight is 759 g/mol. The Morgan fingerprint density at radius 3 is 1.55 bits per heavy atom. The highest BCUT2D eigenvalue weighted by Gasteiger charge is 2.48. The monoisotopic (exact) mass is 758 g/mol. The van der Waals surface area contributed by atoms with E-state index in [9.17, 15) is 9.90 Å². The molecule has 4 aromatic rings. The van der Waals surface area contributed by atoms with Gasteiger partial charge in [0.1, 0.15) is 0 Å². The Kier molecular flexibility index (Phi) is 11.1. The van der Waals surface area contributed by atoms with Crippen molar-refractivity contribution in [3.05, 3.63) is 117 Å². The summed E-state index contributed by atoms with van der Waals surface area (Å²) in [4.78, 5) is 13.0. The molecule has 3 N–H and O–H groups in total. The fourth-order valence-electron chi connectivity index (χ4n) is 8.69. The molecule has 2 aliphatic rings. The molecule has 4 nitrogen and oxygen atoms in total. The molecule has 0 saturated carbocycles. The van der Waals surface area contributed by atoms with E-state index in [1.54, 1.807) is 0 Å². The molecule has 5 heteroatoms. The maximum absolute atomic E-state index is 13.0. The molecule has 0 unspecified atom stereocenters. The SMILES string of the molecule is C[C@@H](CO)NC(=O)CNc1cccc2c1[C@@]1(CC2)CCc2cccc(P(c3cc(C(C)(C)C)cc(C(C)(C)C)c3)c3cc(C(C)(C)C)cc(C(C)(C)C)c3)c21. The molecular weight excluding hydrogens is 692 g/mol. The van der Waals surface area contributed by atoms with E-state index in [1.807, 2.05) is 6.92 Å². The molecule has 2 atom stereocenters. The Balaban J connectivity index is 1.64. The van der Waals surface area contributed by atoms with Crippen molar-refractivity contribution in [2.24, 2.45) is 0 Å². The second-order valence-corrected chi connectivity index (χ2v) is 22.8. The van der Waals surface area contributed by atoms with Crippen LogP contribution in [0.25, 0.3) is 0 Å². The molecule has 0 heterocycles. The van der Waals surface area contributed by atoms with Gasteiger partial charge in [-0.1, -0.05) is 150 Å². The lowest BCUT2D eigenvalue weighted by Gasteiger charge is -2.35. The fourth-order valence-corrected chi connectivity index (χ4v) is 11.4. The van der Waals surface area contributed by atoms with Crippen molar-refractivity contribution < 1.29 is 9.90 Å². The van der Waals surface area contributed by atoms with Crippen LogP contribution >= 0.6 is 7.92 Å². The first-order chi connectivity index (χ1) is 25.5. The highest BCUT2D eigenvalue weighted by atomic mass is 31.1. The molecule has 6 rings (SSSR count). The van der Waals surface area contributed by atoms with Gasteiger partial charge in [0.25, 0.3) is 0 Å². The standard InChI is InChI=1S/C50H67N2O2P/c1-32(31-53)52-43(54)30-51-41-18-14-16-33-20-22-50(44(33)41)23-21-34-17-15-19-42(45(34)50)55(39-26-35(46(2,3)4)24-36(27-39)47(5,6)7)40-28-37(48(8,9)10)25-38(29-40)49(11,12)13/h14-19,24-29,32,51,53H,20-23,30-31H2,1-13H3,(H,52,54)/t32-,50+/m0/s1. The van der Waals surface area contributed by atoms with Gasteiger partial charge in [-0.3, -0.25) is 4.79 Å². The normalized spacial score (nSPS) is 17.7. The summed E-state index contributed by atoms with van der Waals surface area (Å²) in [7, 11) is -0.982. The Bertz CT molecular complexity index is 1930. The van der Waals surface area contributed by atoms with Crippen LogP contribution < -0.4 is 26.5 Å². The lowest BCUT2D eigenvalue weighted by Crippen LogP contribution is -2.39. The van der Waals surface area contributed by atoms with Crippen LogP contribution in [0.2, 0.25) is 0 Å². The molecule has 0 aliphatic heterocycles. The number of aliphatic hydroxyl groups excluding tert-OH is 1. The molecule has 2 aliphatic carbocycles. The van der Waals surface area contributed by atoms with E-state index in [2.05, 4.69) is 167 Å². The van der Waals surface area contributed by atoms with E-state index < -0.39 is 7.92 Å². The van der Waals surface area contributed by atoms with E-state index in [4.69, 9.17) is 0 Å². The summed E-state index contributed by atoms with van der Waals surface area (Å²) in [6, 6.07) is 28.6. The van der Waals surface area contributed by atoms with Gasteiger partial charge in [-0.05, 0) is 129 Å². The van der Waals surface area contributed by atoms with Crippen molar-refractivity contribution in [2.45, 2.75) is 149 Å². The number of fused-ring (bicyclic) bond motifs is 4. The molecular formula is C50H67N2O2P. The van der Waals surface area contributed by atoms with E-state index in [0.29, 0.717) is 0 Å². The topological polar surface area (TPSA) is 61.4 Å². The van der Waals surface area contributed by atoms with E-state index >= 15 is 0 Å². The zero-order valence-corrected chi connectivity index (χ0v) is 36.9. The molecule has 55 heavy (non-hydrogen) atoms. The Morgan fingerprint density at radius 2 is 1.11 bits per heavy atom. The van der Waals surface area contributed by atoms with Crippen LogP contribution in [0.3, 0.4) is 0 Å². The minimum atomic E-state index is -0.982. The Labute approximate surface area is 334 Å². The van der Waals surface area contributed by atoms with Crippen molar-refractivity contribution in [1.29, 1.82) is 0 Å². The van der Waals surface area contributed by atoms with Gasteiger partial charge in [-0.2, -0.15) is 0 Å². The van der Waals surface area contributed by atoms with Crippen LogP contribution in [0.5, 0.6) is 0 Å². The summed E-state index contributed by atoms with van der Waals surface area (Å²) in [6.07, 6.45) is 4.18. The van der Waals surface area contributed by atoms with Crippen molar-refractivity contribution >= 4 is 35.4 Å². The van der Waals surface area contributed by atoms with Crippen LogP contribution in [-0.4, -0.2) is 30.2 Å². The number of aliphatic hydroxyl groups is 1. The summed E-state index contributed by atoms with van der Waals surface area (Å²) in [5.41, 5.74) is 12.2. The zero-order chi connectivity index (χ0) is 40.3. The number of benzene rings is 4. The van der Waals surface area contributed by atoms with Gasteiger partial charge < -0.3 is 15.7 Å². The van der Waals surface area contributed by atoms with E-state index in [1.165, 1.54) is 60.4 Å². The highest BCUT2D eigenvalue weighted by molar-refractivity contribution is 7.80. The Morgan fingerprint density at radius 1 is 0.673 bits per heavy atom. The number of carbonyl (C=O) groups excluding carboxylic acids is 1. The number of hydrogen-bond acceptors (Lipinski definition) is 3. The van der Waals surface area contributed by atoms with Crippen LogP contribution in [0.15, 0.2) is 72.8 Å². The van der Waals surface area contributed by atoms with Gasteiger partial charge in [-0.25, -0.2) is 0 Å². The molecule has 0 aromatic heterocycles. The largest absolute Gasteiger partial charge is 0.394 e. The molecule has 0 bridgehead atoms. The lowest BCUT2D eigenvalue weighted by atomic mass is 9.76. The van der Waals surface area contributed by atoms with Crippen LogP contribution in [0.4, 0.5) is 5.69 Å². The van der Waals surface area contributed by atoms with Gasteiger partial charge >= 0.3 is 0 Å². The molecule has 294 valence electrons. The lowest BCUT2D eigenvalue weighted by molar-refractivity contribution is -0.120.